The fraction of sp³-hybridized carbons (Fsp3) is 0.185. The number of rotatable bonds is 5. The predicted molar refractivity (Wildman–Crippen MR) is 142 cm³/mol. The summed E-state index contributed by atoms with van der Waals surface area (Å²) in [6, 6.07) is 13.8. The minimum atomic E-state index is -0.145. The number of pyridine rings is 2. The Balaban J connectivity index is 1.33. The maximum Gasteiger partial charge on any atom is 0.230 e. The van der Waals surface area contributed by atoms with E-state index in [-0.39, 0.29) is 17.7 Å². The SMILES string of the molecule is CC(C)(C)c1cnc(NC(=O)Cc2ccc(-c3cnc4cc(-c5ccncc5)ccn34)cc2Cl)s1. The molecule has 1 aromatic carbocycles. The van der Waals surface area contributed by atoms with Crippen LogP contribution in [-0.2, 0) is 16.6 Å². The van der Waals surface area contributed by atoms with Crippen LogP contribution in [0.25, 0.3) is 28.0 Å². The van der Waals surface area contributed by atoms with Crippen molar-refractivity contribution in [1.82, 2.24) is 19.4 Å². The summed E-state index contributed by atoms with van der Waals surface area (Å²) in [5.74, 6) is -0.145. The van der Waals surface area contributed by atoms with E-state index in [0.717, 1.165) is 38.5 Å². The van der Waals surface area contributed by atoms with Crippen LogP contribution in [0.2, 0.25) is 5.02 Å². The molecule has 0 atom stereocenters. The number of carbonyl (C=O) groups is 1. The number of aromatic nitrogens is 4. The van der Waals surface area contributed by atoms with Crippen LogP contribution in [0, 0.1) is 0 Å². The van der Waals surface area contributed by atoms with Crippen LogP contribution in [-0.4, -0.2) is 25.3 Å². The summed E-state index contributed by atoms with van der Waals surface area (Å²) in [7, 11) is 0. The summed E-state index contributed by atoms with van der Waals surface area (Å²) in [4.78, 5) is 26.7. The number of amides is 1. The first kappa shape index (κ1) is 23.2. The van der Waals surface area contributed by atoms with E-state index >= 15 is 0 Å². The number of hydrogen-bond acceptors (Lipinski definition) is 5. The molecule has 0 aliphatic heterocycles. The number of nitrogens with one attached hydrogen (secondary N) is 1. The van der Waals surface area contributed by atoms with Gasteiger partial charge in [0.25, 0.3) is 0 Å². The van der Waals surface area contributed by atoms with Gasteiger partial charge in [0, 0.05) is 40.3 Å². The van der Waals surface area contributed by atoms with Crippen LogP contribution in [0.15, 0.2) is 73.4 Å². The minimum Gasteiger partial charge on any atom is -0.302 e. The summed E-state index contributed by atoms with van der Waals surface area (Å²) in [6.07, 6.45) is 9.38. The summed E-state index contributed by atoms with van der Waals surface area (Å²) in [5.41, 5.74) is 5.62. The van der Waals surface area contributed by atoms with Gasteiger partial charge < -0.3 is 5.32 Å². The van der Waals surface area contributed by atoms with E-state index in [1.807, 2.05) is 59.4 Å². The predicted octanol–water partition coefficient (Wildman–Crippen LogP) is 6.65. The van der Waals surface area contributed by atoms with Gasteiger partial charge in [0.1, 0.15) is 5.65 Å². The van der Waals surface area contributed by atoms with Gasteiger partial charge in [-0.25, -0.2) is 9.97 Å². The Morgan fingerprint density at radius 2 is 1.80 bits per heavy atom. The van der Waals surface area contributed by atoms with Crippen molar-refractivity contribution in [3.8, 4) is 22.4 Å². The van der Waals surface area contributed by atoms with E-state index in [1.54, 1.807) is 12.4 Å². The third-order valence-corrected chi connectivity index (χ3v) is 7.41. The molecule has 1 amide bonds. The van der Waals surface area contributed by atoms with Crippen molar-refractivity contribution in [2.24, 2.45) is 0 Å². The third kappa shape index (κ3) is 4.97. The smallest absolute Gasteiger partial charge is 0.230 e. The van der Waals surface area contributed by atoms with Gasteiger partial charge in [0.2, 0.25) is 5.91 Å². The number of nitrogens with zero attached hydrogens (tertiary/aromatic N) is 4. The van der Waals surface area contributed by atoms with Crippen molar-refractivity contribution in [2.45, 2.75) is 32.6 Å². The van der Waals surface area contributed by atoms with E-state index in [9.17, 15) is 4.79 Å². The number of halogens is 1. The standard InChI is InChI=1S/C27H24ClN5OS/c1-27(2,3)23-16-31-26(35-23)32-25(34)14-19-4-5-20(12-21(19)28)22-15-30-24-13-18(8-11-33(22)24)17-6-9-29-10-7-17/h4-13,15-16H,14H2,1-3H3,(H,31,32,34). The number of imidazole rings is 1. The number of fused-ring (bicyclic) bond motifs is 1. The molecule has 0 spiro atoms. The second-order valence-electron chi connectivity index (χ2n) is 9.33. The Morgan fingerprint density at radius 3 is 2.51 bits per heavy atom. The maximum absolute atomic E-state index is 12.6. The van der Waals surface area contributed by atoms with E-state index in [2.05, 4.69) is 47.1 Å². The van der Waals surface area contributed by atoms with Gasteiger partial charge in [0.15, 0.2) is 5.13 Å². The molecule has 4 aromatic heterocycles. The van der Waals surface area contributed by atoms with E-state index in [4.69, 9.17) is 11.6 Å². The molecule has 5 aromatic rings. The zero-order valence-corrected chi connectivity index (χ0v) is 21.2. The summed E-state index contributed by atoms with van der Waals surface area (Å²) < 4.78 is 2.03. The molecule has 0 unspecified atom stereocenters. The number of benzene rings is 1. The van der Waals surface area contributed by atoms with Gasteiger partial charge >= 0.3 is 0 Å². The van der Waals surface area contributed by atoms with Gasteiger partial charge in [-0.1, -0.05) is 44.5 Å². The molecule has 0 aliphatic rings. The van der Waals surface area contributed by atoms with Crippen molar-refractivity contribution < 1.29 is 4.79 Å². The zero-order valence-electron chi connectivity index (χ0n) is 19.6. The lowest BCUT2D eigenvalue weighted by molar-refractivity contribution is -0.115. The molecule has 0 fully saturated rings. The molecule has 0 bridgehead atoms. The lowest BCUT2D eigenvalue weighted by atomic mass is 9.96. The number of hydrogen-bond donors (Lipinski definition) is 1. The molecule has 5 rings (SSSR count). The van der Waals surface area contributed by atoms with E-state index in [1.165, 1.54) is 11.3 Å². The quantitative estimate of drug-likeness (QED) is 0.292. The van der Waals surface area contributed by atoms with Gasteiger partial charge in [-0.15, -0.1) is 11.3 Å². The Labute approximate surface area is 212 Å². The number of anilines is 1. The zero-order chi connectivity index (χ0) is 24.6. The molecule has 1 N–H and O–H groups in total. The normalized spacial score (nSPS) is 11.7. The largest absolute Gasteiger partial charge is 0.302 e. The highest BCUT2D eigenvalue weighted by molar-refractivity contribution is 7.15. The van der Waals surface area contributed by atoms with E-state index < -0.39 is 0 Å². The molecular weight excluding hydrogens is 478 g/mol. The van der Waals surface area contributed by atoms with Gasteiger partial charge in [0.05, 0.1) is 18.3 Å². The maximum atomic E-state index is 12.6. The van der Waals surface area contributed by atoms with Gasteiger partial charge in [-0.05, 0) is 52.4 Å². The Hall–Kier alpha value is -3.55. The highest BCUT2D eigenvalue weighted by atomic mass is 35.5. The Kier molecular flexibility index (Phi) is 6.13. The molecule has 0 aliphatic carbocycles. The number of carbonyl (C=O) groups excluding carboxylic acids is 1. The monoisotopic (exact) mass is 501 g/mol. The Bertz CT molecular complexity index is 1520. The summed E-state index contributed by atoms with van der Waals surface area (Å²) in [5, 5.41) is 4.03. The summed E-state index contributed by atoms with van der Waals surface area (Å²) in [6.45, 7) is 6.37. The van der Waals surface area contributed by atoms with Crippen molar-refractivity contribution in [3.63, 3.8) is 0 Å². The van der Waals surface area contributed by atoms with E-state index in [0.29, 0.717) is 10.2 Å². The first-order valence-corrected chi connectivity index (χ1v) is 12.4. The van der Waals surface area contributed by atoms with Crippen LogP contribution < -0.4 is 5.32 Å². The van der Waals surface area contributed by atoms with Crippen molar-refractivity contribution in [3.05, 3.63) is 88.9 Å². The van der Waals surface area contributed by atoms with Crippen molar-refractivity contribution in [1.29, 1.82) is 0 Å². The molecule has 0 radical (unpaired) electrons. The van der Waals surface area contributed by atoms with Gasteiger partial charge in [-0.2, -0.15) is 0 Å². The first-order valence-electron chi connectivity index (χ1n) is 11.2. The average Bonchev–Trinajstić information content (AvgIpc) is 3.48. The summed E-state index contributed by atoms with van der Waals surface area (Å²) >= 11 is 8.08. The number of thiazole rings is 1. The van der Waals surface area contributed by atoms with Crippen LogP contribution in [0.5, 0.6) is 0 Å². The molecule has 0 saturated heterocycles. The highest BCUT2D eigenvalue weighted by Gasteiger charge is 2.18. The second-order valence-corrected chi connectivity index (χ2v) is 10.8. The first-order chi connectivity index (χ1) is 16.8. The topological polar surface area (TPSA) is 72.2 Å². The van der Waals surface area contributed by atoms with Gasteiger partial charge in [-0.3, -0.25) is 14.2 Å². The average molecular weight is 502 g/mol. The van der Waals surface area contributed by atoms with Crippen LogP contribution in [0.3, 0.4) is 0 Å². The fourth-order valence-electron chi connectivity index (χ4n) is 3.78. The molecule has 6 nitrogen and oxygen atoms in total. The van der Waals surface area contributed by atoms with Crippen LogP contribution in [0.4, 0.5) is 5.13 Å². The van der Waals surface area contributed by atoms with Crippen LogP contribution >= 0.6 is 22.9 Å². The second kappa shape index (κ2) is 9.24. The van der Waals surface area contributed by atoms with Crippen molar-refractivity contribution in [2.75, 3.05) is 5.32 Å². The molecular formula is C27H24ClN5OS. The van der Waals surface area contributed by atoms with Crippen molar-refractivity contribution >= 4 is 39.6 Å². The highest BCUT2D eigenvalue weighted by Crippen LogP contribution is 2.31. The lowest BCUT2D eigenvalue weighted by Gasteiger charge is -2.14. The molecule has 0 saturated carbocycles. The molecule has 176 valence electrons. The molecule has 8 heteroatoms. The fourth-order valence-corrected chi connectivity index (χ4v) is 4.92. The lowest BCUT2D eigenvalue weighted by Crippen LogP contribution is -2.14. The molecule has 35 heavy (non-hydrogen) atoms. The molecule has 4 heterocycles. The van der Waals surface area contributed by atoms with Crippen LogP contribution in [0.1, 0.15) is 31.2 Å². The minimum absolute atomic E-state index is 0.00177. The third-order valence-electron chi connectivity index (χ3n) is 5.72. The Morgan fingerprint density at radius 1 is 1.00 bits per heavy atom.